The monoisotopic (exact) mass is 388 g/mol. The smallest absolute Gasteiger partial charge is 0.00989 e. The van der Waals surface area contributed by atoms with Gasteiger partial charge in [0.05, 0.1) is 0 Å². The standard InChI is InChI=1S/C20H38N2.3CH4.H2S/c1-15-18-13-16(20(18,2)3)14-19(15)22-12-11-21-17-9-7-5-4-6-8-10-17;;;;/h15-19,21-22H,4-14H2,1-3H3;3*1H4;1H2/t15-,16+,18?,19-;;;;/m1..../s1. The molecule has 4 aliphatic carbocycles. The van der Waals surface area contributed by atoms with Gasteiger partial charge in [-0.15, -0.1) is 0 Å². The molecule has 4 atom stereocenters. The number of rotatable bonds is 5. The van der Waals surface area contributed by atoms with E-state index in [1.54, 1.807) is 0 Å². The summed E-state index contributed by atoms with van der Waals surface area (Å²) in [4.78, 5) is 0. The van der Waals surface area contributed by atoms with Crippen molar-refractivity contribution in [2.45, 2.75) is 113 Å². The number of nitrogens with one attached hydrogen (secondary N) is 2. The zero-order valence-electron chi connectivity index (χ0n) is 15.7. The van der Waals surface area contributed by atoms with Crippen molar-refractivity contribution in [2.24, 2.45) is 23.2 Å². The minimum atomic E-state index is 0. The second kappa shape index (κ2) is 12.7. The third-order valence-electron chi connectivity index (χ3n) is 7.42. The van der Waals surface area contributed by atoms with Crippen molar-refractivity contribution in [1.29, 1.82) is 0 Å². The molecule has 2 nitrogen and oxygen atoms in total. The number of fused-ring (bicyclic) bond motifs is 2. The van der Waals surface area contributed by atoms with Crippen LogP contribution in [0.25, 0.3) is 0 Å². The van der Waals surface area contributed by atoms with E-state index in [4.69, 9.17) is 0 Å². The molecule has 0 heterocycles. The summed E-state index contributed by atoms with van der Waals surface area (Å²) in [7, 11) is 0. The Kier molecular flexibility index (Phi) is 13.9. The maximum Gasteiger partial charge on any atom is 0.00989 e. The highest BCUT2D eigenvalue weighted by molar-refractivity contribution is 7.59. The predicted octanol–water partition coefficient (Wildman–Crippen LogP) is 6.37. The first-order valence-corrected chi connectivity index (χ1v) is 10.1. The Balaban J connectivity index is 0. The van der Waals surface area contributed by atoms with Crippen LogP contribution in [0.15, 0.2) is 0 Å². The van der Waals surface area contributed by atoms with Crippen LogP contribution < -0.4 is 10.6 Å². The Labute approximate surface area is 173 Å². The van der Waals surface area contributed by atoms with Crippen LogP contribution in [0.5, 0.6) is 0 Å². The lowest BCUT2D eigenvalue weighted by atomic mass is 9.45. The highest BCUT2D eigenvalue weighted by Gasteiger charge is 2.55. The Morgan fingerprint density at radius 3 is 1.88 bits per heavy atom. The third-order valence-corrected chi connectivity index (χ3v) is 7.42. The molecule has 3 heteroatoms. The minimum absolute atomic E-state index is 0. The summed E-state index contributed by atoms with van der Waals surface area (Å²) >= 11 is 0. The Morgan fingerprint density at radius 2 is 1.35 bits per heavy atom. The Hall–Kier alpha value is 0.270. The zero-order chi connectivity index (χ0) is 15.6. The molecule has 0 aromatic heterocycles. The average Bonchev–Trinajstić information content (AvgIpc) is 2.46. The van der Waals surface area contributed by atoms with E-state index >= 15 is 0 Å². The Bertz CT molecular complexity index is 350. The molecule has 0 aromatic rings. The summed E-state index contributed by atoms with van der Waals surface area (Å²) in [5.74, 6) is 2.80. The SMILES string of the molecule is C.C.C.C[C@@H]1C2C[C@@H](C[C@H]1NCCNC1CCCCCCC1)C2(C)C.S. The lowest BCUT2D eigenvalue weighted by Gasteiger charge is -2.62. The van der Waals surface area contributed by atoms with E-state index in [2.05, 4.69) is 31.4 Å². The van der Waals surface area contributed by atoms with Crippen molar-refractivity contribution < 1.29 is 0 Å². The van der Waals surface area contributed by atoms with Crippen molar-refractivity contribution >= 4 is 13.5 Å². The number of hydrogen-bond donors (Lipinski definition) is 2. The molecule has 0 saturated heterocycles. The van der Waals surface area contributed by atoms with Gasteiger partial charge in [0.2, 0.25) is 0 Å². The van der Waals surface area contributed by atoms with Crippen LogP contribution in [-0.4, -0.2) is 25.2 Å². The maximum absolute atomic E-state index is 3.88. The Morgan fingerprint density at radius 1 is 0.808 bits per heavy atom. The van der Waals surface area contributed by atoms with Gasteiger partial charge in [0.25, 0.3) is 0 Å². The normalized spacial score (nSPS) is 32.9. The topological polar surface area (TPSA) is 24.1 Å². The van der Waals surface area contributed by atoms with Gasteiger partial charge in [-0.1, -0.05) is 75.2 Å². The molecule has 4 rings (SSSR count). The molecule has 0 amide bonds. The maximum atomic E-state index is 3.88. The van der Waals surface area contributed by atoms with Crippen molar-refractivity contribution in [1.82, 2.24) is 10.6 Å². The van der Waals surface area contributed by atoms with Crippen LogP contribution in [0.3, 0.4) is 0 Å². The highest BCUT2D eigenvalue weighted by Crippen LogP contribution is 2.61. The lowest BCUT2D eigenvalue weighted by molar-refractivity contribution is -0.114. The second-order valence-corrected chi connectivity index (χ2v) is 9.01. The summed E-state index contributed by atoms with van der Waals surface area (Å²) in [6, 6.07) is 1.56. The van der Waals surface area contributed by atoms with E-state index in [1.165, 1.54) is 57.8 Å². The van der Waals surface area contributed by atoms with Gasteiger partial charge >= 0.3 is 0 Å². The molecule has 2 bridgehead atoms. The first kappa shape index (κ1) is 28.5. The van der Waals surface area contributed by atoms with Gasteiger partial charge in [-0.05, 0) is 48.9 Å². The summed E-state index contributed by atoms with van der Waals surface area (Å²) in [6.07, 6.45) is 12.9. The summed E-state index contributed by atoms with van der Waals surface area (Å²) in [5, 5.41) is 7.69. The first-order valence-electron chi connectivity index (χ1n) is 10.1. The van der Waals surface area contributed by atoms with Crippen molar-refractivity contribution in [3.63, 3.8) is 0 Å². The van der Waals surface area contributed by atoms with Crippen LogP contribution in [0.1, 0.15) is 101 Å². The molecular formula is C23H52N2S. The van der Waals surface area contributed by atoms with E-state index in [1.807, 2.05) is 0 Å². The molecule has 26 heavy (non-hydrogen) atoms. The van der Waals surface area contributed by atoms with Gasteiger partial charge < -0.3 is 10.6 Å². The summed E-state index contributed by atoms with van der Waals surface area (Å²) < 4.78 is 0. The molecule has 160 valence electrons. The van der Waals surface area contributed by atoms with Crippen LogP contribution in [0.4, 0.5) is 0 Å². The molecular weight excluding hydrogens is 336 g/mol. The minimum Gasteiger partial charge on any atom is -0.313 e. The van der Waals surface area contributed by atoms with E-state index in [-0.39, 0.29) is 35.8 Å². The largest absolute Gasteiger partial charge is 0.313 e. The van der Waals surface area contributed by atoms with Crippen LogP contribution in [0, 0.1) is 23.2 Å². The van der Waals surface area contributed by atoms with Gasteiger partial charge in [0, 0.05) is 25.2 Å². The average molecular weight is 389 g/mol. The van der Waals surface area contributed by atoms with E-state index in [9.17, 15) is 0 Å². The first-order chi connectivity index (χ1) is 10.6. The number of hydrogen-bond acceptors (Lipinski definition) is 2. The van der Waals surface area contributed by atoms with Gasteiger partial charge in [-0.25, -0.2) is 0 Å². The van der Waals surface area contributed by atoms with E-state index in [0.29, 0.717) is 5.41 Å². The third kappa shape index (κ3) is 6.41. The molecule has 4 saturated carbocycles. The molecule has 1 unspecified atom stereocenters. The predicted molar refractivity (Wildman–Crippen MR) is 126 cm³/mol. The second-order valence-electron chi connectivity index (χ2n) is 9.01. The lowest BCUT2D eigenvalue weighted by Crippen LogP contribution is -2.60. The van der Waals surface area contributed by atoms with Crippen LogP contribution in [0.2, 0.25) is 0 Å². The van der Waals surface area contributed by atoms with Gasteiger partial charge in [-0.3, -0.25) is 0 Å². The molecule has 4 aliphatic rings. The van der Waals surface area contributed by atoms with Crippen molar-refractivity contribution in [2.75, 3.05) is 13.1 Å². The fraction of sp³-hybridized carbons (Fsp3) is 1.00. The van der Waals surface area contributed by atoms with Crippen LogP contribution in [-0.2, 0) is 0 Å². The fourth-order valence-corrected chi connectivity index (χ4v) is 5.61. The molecule has 0 aliphatic heterocycles. The van der Waals surface area contributed by atoms with Crippen LogP contribution >= 0.6 is 13.5 Å². The van der Waals surface area contributed by atoms with Crippen molar-refractivity contribution in [3.8, 4) is 0 Å². The van der Waals surface area contributed by atoms with Gasteiger partial charge in [0.1, 0.15) is 0 Å². The molecule has 0 radical (unpaired) electrons. The van der Waals surface area contributed by atoms with E-state index < -0.39 is 0 Å². The summed E-state index contributed by atoms with van der Waals surface area (Å²) in [6.45, 7) is 9.79. The summed E-state index contributed by atoms with van der Waals surface area (Å²) in [5.41, 5.74) is 0.620. The highest BCUT2D eigenvalue weighted by atomic mass is 32.1. The molecule has 4 fully saturated rings. The fourth-order valence-electron chi connectivity index (χ4n) is 5.61. The van der Waals surface area contributed by atoms with E-state index in [0.717, 1.165) is 42.9 Å². The van der Waals surface area contributed by atoms with Gasteiger partial charge in [-0.2, -0.15) is 13.5 Å². The van der Waals surface area contributed by atoms with Gasteiger partial charge in [0.15, 0.2) is 0 Å². The molecule has 2 N–H and O–H groups in total. The quantitative estimate of drug-likeness (QED) is 0.535. The molecule has 0 spiro atoms. The van der Waals surface area contributed by atoms with Crippen molar-refractivity contribution in [3.05, 3.63) is 0 Å². The zero-order valence-corrected chi connectivity index (χ0v) is 16.7. The molecule has 0 aromatic carbocycles.